The van der Waals surface area contributed by atoms with Crippen molar-refractivity contribution in [3.8, 4) is 0 Å². The number of benzene rings is 1. The summed E-state index contributed by atoms with van der Waals surface area (Å²) in [7, 11) is 1.34. The number of carbonyl (C=O) groups excluding carboxylic acids is 3. The third-order valence-electron chi connectivity index (χ3n) is 8.72. The van der Waals surface area contributed by atoms with Crippen molar-refractivity contribution < 1.29 is 23.9 Å². The minimum atomic E-state index is -0.746. The van der Waals surface area contributed by atoms with Crippen molar-refractivity contribution in [2.45, 2.75) is 102 Å². The lowest BCUT2D eigenvalue weighted by Crippen LogP contribution is -2.55. The summed E-state index contributed by atoms with van der Waals surface area (Å²) in [5.74, 6) is -0.280. The van der Waals surface area contributed by atoms with Crippen molar-refractivity contribution >= 4 is 24.0 Å². The Balaban J connectivity index is 1.40. The van der Waals surface area contributed by atoms with E-state index in [4.69, 9.17) is 9.47 Å². The molecule has 3 aliphatic heterocycles. The molecule has 2 amide bonds. The van der Waals surface area contributed by atoms with Gasteiger partial charge in [-0.2, -0.15) is 0 Å². The summed E-state index contributed by atoms with van der Waals surface area (Å²) < 4.78 is 11.0. The number of esters is 1. The molecule has 2 fully saturated rings. The highest BCUT2D eigenvalue weighted by Gasteiger charge is 2.46. The van der Waals surface area contributed by atoms with E-state index >= 15 is 0 Å². The standard InChI is InChI=1S/C30H41N3O5/c1-20-10-5-3-4-6-11-21-14-9-15-23-17-32(19-25(21)23)30(36)38-24-16-26(29(35)37-2)33(18-24)28(34)27(31-20)22-12-7-8-13-22/h6,9,11,14-15,20,22,24,26-27,31H,3-5,7-8,10,12-13,16-19H2,1-2H3/b11-6+/t20-,24+,26-,27-/m0/s1. The van der Waals surface area contributed by atoms with Crippen LogP contribution in [0.3, 0.4) is 0 Å². The molecule has 1 saturated carbocycles. The Morgan fingerprint density at radius 2 is 1.87 bits per heavy atom. The molecule has 1 saturated heterocycles. The van der Waals surface area contributed by atoms with E-state index in [1.807, 2.05) is 6.07 Å². The Labute approximate surface area is 225 Å². The highest BCUT2D eigenvalue weighted by Crippen LogP contribution is 2.33. The topological polar surface area (TPSA) is 88.2 Å². The lowest BCUT2D eigenvalue weighted by molar-refractivity contribution is -0.152. The fourth-order valence-corrected chi connectivity index (χ4v) is 6.63. The highest BCUT2D eigenvalue weighted by molar-refractivity contribution is 5.88. The van der Waals surface area contributed by atoms with Crippen LogP contribution in [0.2, 0.25) is 0 Å². The van der Waals surface area contributed by atoms with Gasteiger partial charge in [0.25, 0.3) is 0 Å². The lowest BCUT2D eigenvalue weighted by atomic mass is 9.95. The number of fused-ring (bicyclic) bond motifs is 3. The SMILES string of the molecule is COC(=O)[C@@H]1C[C@@H]2CN1C(=O)[C@H](C1CCCC1)N[C@@H](C)CCCC/C=C/c1cccc3c1CN(C3)C(=O)O2. The summed E-state index contributed by atoms with van der Waals surface area (Å²) in [6, 6.07) is 5.29. The minimum absolute atomic E-state index is 0.0724. The van der Waals surface area contributed by atoms with Gasteiger partial charge in [0, 0.05) is 19.0 Å². The van der Waals surface area contributed by atoms with Crippen LogP contribution < -0.4 is 5.32 Å². The number of amides is 2. The van der Waals surface area contributed by atoms with Crippen LogP contribution in [-0.2, 0) is 32.2 Å². The van der Waals surface area contributed by atoms with Crippen molar-refractivity contribution in [3.05, 3.63) is 41.0 Å². The molecular formula is C30H41N3O5. The van der Waals surface area contributed by atoms with Crippen molar-refractivity contribution in [2.75, 3.05) is 13.7 Å². The third-order valence-corrected chi connectivity index (χ3v) is 8.72. The molecular weight excluding hydrogens is 482 g/mol. The van der Waals surface area contributed by atoms with Crippen LogP contribution >= 0.6 is 0 Å². The molecule has 3 heterocycles. The molecule has 1 N–H and O–H groups in total. The van der Waals surface area contributed by atoms with E-state index in [2.05, 4.69) is 36.5 Å². The van der Waals surface area contributed by atoms with E-state index in [0.717, 1.165) is 68.1 Å². The number of nitrogens with one attached hydrogen (secondary N) is 1. The Morgan fingerprint density at radius 3 is 2.66 bits per heavy atom. The lowest BCUT2D eigenvalue weighted by Gasteiger charge is -2.33. The van der Waals surface area contributed by atoms with Crippen LogP contribution in [0.1, 0.15) is 81.4 Å². The first-order valence-electron chi connectivity index (χ1n) is 14.3. The van der Waals surface area contributed by atoms with Gasteiger partial charge in [-0.3, -0.25) is 9.69 Å². The molecule has 1 aliphatic carbocycles. The Bertz CT molecular complexity index is 1070. The fourth-order valence-electron chi connectivity index (χ4n) is 6.63. The van der Waals surface area contributed by atoms with Crippen molar-refractivity contribution in [1.82, 2.24) is 15.1 Å². The number of carbonyl (C=O) groups is 3. The predicted octanol–water partition coefficient (Wildman–Crippen LogP) is 4.41. The van der Waals surface area contributed by atoms with Crippen LogP contribution in [0.25, 0.3) is 6.08 Å². The number of rotatable bonds is 2. The van der Waals surface area contributed by atoms with Gasteiger partial charge in [0.2, 0.25) is 5.91 Å². The van der Waals surface area contributed by atoms with E-state index in [0.29, 0.717) is 13.1 Å². The summed E-state index contributed by atoms with van der Waals surface area (Å²) in [5, 5.41) is 3.64. The summed E-state index contributed by atoms with van der Waals surface area (Å²) in [6.45, 7) is 3.35. The Morgan fingerprint density at radius 1 is 1.08 bits per heavy atom. The second-order valence-corrected chi connectivity index (χ2v) is 11.4. The molecule has 0 spiro atoms. The summed E-state index contributed by atoms with van der Waals surface area (Å²) in [6.07, 6.45) is 12.1. The molecule has 8 heteroatoms. The van der Waals surface area contributed by atoms with E-state index in [1.54, 1.807) is 9.80 Å². The van der Waals surface area contributed by atoms with Gasteiger partial charge in [0.15, 0.2) is 0 Å². The summed E-state index contributed by atoms with van der Waals surface area (Å²) in [4.78, 5) is 43.3. The van der Waals surface area contributed by atoms with Crippen molar-refractivity contribution in [2.24, 2.45) is 5.92 Å². The van der Waals surface area contributed by atoms with Crippen LogP contribution in [0, 0.1) is 5.92 Å². The van der Waals surface area contributed by atoms with E-state index in [9.17, 15) is 14.4 Å². The zero-order valence-corrected chi connectivity index (χ0v) is 22.7. The smallest absolute Gasteiger partial charge is 0.410 e. The van der Waals surface area contributed by atoms with E-state index in [-0.39, 0.29) is 36.9 Å². The highest BCUT2D eigenvalue weighted by atomic mass is 16.6. The van der Waals surface area contributed by atoms with Gasteiger partial charge in [0.1, 0.15) is 12.1 Å². The van der Waals surface area contributed by atoms with Crippen LogP contribution in [0.5, 0.6) is 0 Å². The molecule has 4 atom stereocenters. The molecule has 38 heavy (non-hydrogen) atoms. The third kappa shape index (κ3) is 5.75. The molecule has 0 radical (unpaired) electrons. The maximum absolute atomic E-state index is 14.0. The second kappa shape index (κ2) is 11.9. The van der Waals surface area contributed by atoms with E-state index < -0.39 is 24.2 Å². The Kier molecular flexibility index (Phi) is 8.36. The van der Waals surface area contributed by atoms with Crippen LogP contribution in [0.4, 0.5) is 4.79 Å². The maximum atomic E-state index is 14.0. The first-order chi connectivity index (χ1) is 18.4. The average molecular weight is 524 g/mol. The number of hydrogen-bond acceptors (Lipinski definition) is 6. The molecule has 206 valence electrons. The van der Waals surface area contributed by atoms with Crippen molar-refractivity contribution in [1.29, 1.82) is 0 Å². The first kappa shape index (κ1) is 26.7. The minimum Gasteiger partial charge on any atom is -0.467 e. The normalized spacial score (nSPS) is 29.9. The number of nitrogens with zero attached hydrogens (tertiary/aromatic N) is 2. The molecule has 1 aromatic rings. The molecule has 8 nitrogen and oxygen atoms in total. The molecule has 0 unspecified atom stereocenters. The number of ether oxygens (including phenoxy) is 2. The number of methoxy groups -OCH3 is 1. The van der Waals surface area contributed by atoms with Gasteiger partial charge in [-0.25, -0.2) is 9.59 Å². The largest absolute Gasteiger partial charge is 0.467 e. The second-order valence-electron chi connectivity index (χ2n) is 11.4. The van der Waals surface area contributed by atoms with E-state index in [1.165, 1.54) is 7.11 Å². The van der Waals surface area contributed by atoms with Gasteiger partial charge in [-0.05, 0) is 61.6 Å². The number of allylic oxidation sites excluding steroid dienone is 1. The van der Waals surface area contributed by atoms with Gasteiger partial charge < -0.3 is 19.7 Å². The molecule has 0 aromatic heterocycles. The number of hydrogen-bond donors (Lipinski definition) is 1. The maximum Gasteiger partial charge on any atom is 0.410 e. The molecule has 4 aliphatic rings. The zero-order chi connectivity index (χ0) is 26.6. The Hall–Kier alpha value is -2.87. The summed E-state index contributed by atoms with van der Waals surface area (Å²) in [5.41, 5.74) is 3.44. The van der Waals surface area contributed by atoms with Crippen molar-refractivity contribution in [3.63, 3.8) is 0 Å². The van der Waals surface area contributed by atoms with Crippen LogP contribution in [0.15, 0.2) is 24.3 Å². The van der Waals surface area contributed by atoms with Gasteiger partial charge in [-0.15, -0.1) is 0 Å². The van der Waals surface area contributed by atoms with Gasteiger partial charge in [-0.1, -0.05) is 49.6 Å². The fraction of sp³-hybridized carbons (Fsp3) is 0.633. The molecule has 5 rings (SSSR count). The molecule has 1 aromatic carbocycles. The summed E-state index contributed by atoms with van der Waals surface area (Å²) >= 11 is 0. The van der Waals surface area contributed by atoms with Gasteiger partial charge >= 0.3 is 12.1 Å². The van der Waals surface area contributed by atoms with Gasteiger partial charge in [0.05, 0.1) is 26.2 Å². The quantitative estimate of drug-likeness (QED) is 0.578. The first-order valence-corrected chi connectivity index (χ1v) is 14.3. The van der Waals surface area contributed by atoms with Crippen LogP contribution in [-0.4, -0.2) is 65.7 Å². The predicted molar refractivity (Wildman–Crippen MR) is 144 cm³/mol. The zero-order valence-electron chi connectivity index (χ0n) is 22.7. The molecule has 4 bridgehead atoms. The average Bonchev–Trinajstić information content (AvgIpc) is 3.67. The monoisotopic (exact) mass is 523 g/mol.